The van der Waals surface area contributed by atoms with Crippen LogP contribution in [0.15, 0.2) is 0 Å². The molecule has 0 aromatic rings. The predicted molar refractivity (Wildman–Crippen MR) is 99.1 cm³/mol. The number of carboxylic acid groups (broad SMARTS) is 1. The van der Waals surface area contributed by atoms with Crippen LogP contribution in [0.25, 0.3) is 0 Å². The Bertz CT molecular complexity index is 386. The van der Waals surface area contributed by atoms with Gasteiger partial charge < -0.3 is 10.8 Å². The molecule has 0 fully saturated rings. The summed E-state index contributed by atoms with van der Waals surface area (Å²) in [7, 11) is 0. The number of amides is 2. The molecule has 0 aliphatic heterocycles. The molecule has 0 aliphatic carbocycles. The van der Waals surface area contributed by atoms with E-state index in [0.717, 1.165) is 19.3 Å². The minimum atomic E-state index is -1.14. The van der Waals surface area contributed by atoms with Gasteiger partial charge in [0.2, 0.25) is 11.8 Å². The van der Waals surface area contributed by atoms with E-state index in [1.54, 1.807) is 0 Å². The molecule has 0 spiro atoms. The van der Waals surface area contributed by atoms with Crippen molar-refractivity contribution >= 4 is 17.8 Å². The lowest BCUT2D eigenvalue weighted by Crippen LogP contribution is -2.34. The first-order valence-corrected chi connectivity index (χ1v) is 9.78. The molecule has 0 saturated heterocycles. The van der Waals surface area contributed by atoms with Gasteiger partial charge in [-0.05, 0) is 12.8 Å². The fraction of sp³-hybridized carbons (Fsp3) is 0.842. The summed E-state index contributed by atoms with van der Waals surface area (Å²) in [6, 6.07) is -1.06. The summed E-state index contributed by atoms with van der Waals surface area (Å²) in [5.74, 6) is -1.88. The van der Waals surface area contributed by atoms with Gasteiger partial charge in [0.15, 0.2) is 0 Å². The van der Waals surface area contributed by atoms with Gasteiger partial charge in [0.25, 0.3) is 0 Å². The Kier molecular flexibility index (Phi) is 15.1. The summed E-state index contributed by atoms with van der Waals surface area (Å²) >= 11 is 0. The number of nitrogens with one attached hydrogen (secondary N) is 1. The molecule has 4 N–H and O–H groups in total. The van der Waals surface area contributed by atoms with Crippen LogP contribution in [0.3, 0.4) is 0 Å². The molecule has 0 aromatic carbocycles. The van der Waals surface area contributed by atoms with Crippen molar-refractivity contribution in [3.05, 3.63) is 0 Å². The van der Waals surface area contributed by atoms with Crippen LogP contribution in [-0.2, 0) is 14.4 Å². The third kappa shape index (κ3) is 15.8. The number of nitrogens with two attached hydrogens (primary N) is 1. The molecule has 1 atom stereocenters. The number of carboxylic acids is 1. The highest BCUT2D eigenvalue weighted by atomic mass is 16.4. The molecule has 25 heavy (non-hydrogen) atoms. The van der Waals surface area contributed by atoms with Crippen molar-refractivity contribution in [2.24, 2.45) is 5.73 Å². The van der Waals surface area contributed by atoms with E-state index in [-0.39, 0.29) is 18.7 Å². The van der Waals surface area contributed by atoms with E-state index in [2.05, 4.69) is 12.2 Å². The van der Waals surface area contributed by atoms with Gasteiger partial charge in [0.1, 0.15) is 6.04 Å². The van der Waals surface area contributed by atoms with Crippen LogP contribution in [-0.4, -0.2) is 28.9 Å². The van der Waals surface area contributed by atoms with Crippen LogP contribution in [0.4, 0.5) is 0 Å². The Morgan fingerprint density at radius 2 is 1.24 bits per heavy atom. The lowest BCUT2D eigenvalue weighted by atomic mass is 10.1. The van der Waals surface area contributed by atoms with Crippen LogP contribution >= 0.6 is 0 Å². The summed E-state index contributed by atoms with van der Waals surface area (Å²) < 4.78 is 0. The van der Waals surface area contributed by atoms with Crippen molar-refractivity contribution in [3.8, 4) is 0 Å². The maximum Gasteiger partial charge on any atom is 0.320 e. The van der Waals surface area contributed by atoms with E-state index >= 15 is 0 Å². The van der Waals surface area contributed by atoms with Gasteiger partial charge in [-0.3, -0.25) is 19.7 Å². The van der Waals surface area contributed by atoms with Crippen LogP contribution in [0.2, 0.25) is 0 Å². The molecule has 0 aromatic heterocycles. The Morgan fingerprint density at radius 1 is 0.800 bits per heavy atom. The summed E-state index contributed by atoms with van der Waals surface area (Å²) in [5, 5.41) is 10.9. The number of aliphatic carboxylic acids is 1. The molecule has 6 heteroatoms. The Morgan fingerprint density at radius 3 is 1.72 bits per heavy atom. The van der Waals surface area contributed by atoms with E-state index < -0.39 is 17.9 Å². The van der Waals surface area contributed by atoms with Crippen molar-refractivity contribution < 1.29 is 19.5 Å². The zero-order valence-electron chi connectivity index (χ0n) is 15.7. The van der Waals surface area contributed by atoms with Gasteiger partial charge in [0.05, 0.1) is 0 Å². The summed E-state index contributed by atoms with van der Waals surface area (Å²) in [5.41, 5.74) is 5.31. The number of carbonyl (C=O) groups is 3. The first-order valence-electron chi connectivity index (χ1n) is 9.78. The molecule has 0 aliphatic rings. The molecule has 0 heterocycles. The largest absolute Gasteiger partial charge is 0.480 e. The third-order valence-corrected chi connectivity index (χ3v) is 4.29. The van der Waals surface area contributed by atoms with Crippen LogP contribution < -0.4 is 11.1 Å². The van der Waals surface area contributed by atoms with Crippen molar-refractivity contribution in [3.63, 3.8) is 0 Å². The number of carbonyl (C=O) groups excluding carboxylic acids is 2. The zero-order valence-corrected chi connectivity index (χ0v) is 15.7. The van der Waals surface area contributed by atoms with Gasteiger partial charge in [0, 0.05) is 12.8 Å². The van der Waals surface area contributed by atoms with E-state index in [1.807, 2.05) is 0 Å². The Balaban J connectivity index is 3.43. The summed E-state index contributed by atoms with van der Waals surface area (Å²) in [4.78, 5) is 33.7. The second kappa shape index (κ2) is 16.1. The second-order valence-corrected chi connectivity index (χ2v) is 6.74. The highest BCUT2D eigenvalue weighted by molar-refractivity contribution is 5.95. The molecular weight excluding hydrogens is 320 g/mol. The smallest absolute Gasteiger partial charge is 0.320 e. The summed E-state index contributed by atoms with van der Waals surface area (Å²) in [6.45, 7) is 2.23. The van der Waals surface area contributed by atoms with Gasteiger partial charge in [-0.2, -0.15) is 0 Å². The maximum absolute atomic E-state index is 11.6. The molecule has 0 unspecified atom stereocenters. The number of hydrogen-bond donors (Lipinski definition) is 3. The average Bonchev–Trinajstić information content (AvgIpc) is 2.57. The fourth-order valence-corrected chi connectivity index (χ4v) is 2.64. The lowest BCUT2D eigenvalue weighted by molar-refractivity contribution is -0.138. The summed E-state index contributed by atoms with van der Waals surface area (Å²) in [6.07, 6.45) is 13.7. The van der Waals surface area contributed by atoms with Crippen molar-refractivity contribution in [1.82, 2.24) is 5.32 Å². The predicted octanol–water partition coefficient (Wildman–Crippen LogP) is 3.52. The number of rotatable bonds is 16. The first-order chi connectivity index (χ1) is 12.0. The normalized spacial score (nSPS) is 11.9. The van der Waals surface area contributed by atoms with E-state index in [9.17, 15) is 14.4 Å². The molecular formula is C19H36N2O4. The lowest BCUT2D eigenvalue weighted by Gasteiger charge is -2.07. The molecule has 6 nitrogen and oxygen atoms in total. The Labute approximate surface area is 151 Å². The topological polar surface area (TPSA) is 109 Å². The highest BCUT2D eigenvalue weighted by Gasteiger charge is 2.14. The molecule has 0 bridgehead atoms. The van der Waals surface area contributed by atoms with Crippen molar-refractivity contribution in [2.75, 3.05) is 0 Å². The van der Waals surface area contributed by atoms with Crippen molar-refractivity contribution in [1.29, 1.82) is 0 Å². The molecule has 0 rings (SSSR count). The minimum Gasteiger partial charge on any atom is -0.480 e. The third-order valence-electron chi connectivity index (χ3n) is 4.29. The highest BCUT2D eigenvalue weighted by Crippen LogP contribution is 2.11. The molecule has 2 amide bonds. The van der Waals surface area contributed by atoms with E-state index in [0.29, 0.717) is 6.42 Å². The fourth-order valence-electron chi connectivity index (χ4n) is 2.64. The van der Waals surface area contributed by atoms with Gasteiger partial charge in [-0.15, -0.1) is 0 Å². The quantitative estimate of drug-likeness (QED) is 0.367. The standard InChI is InChI=1S/C19H36N2O4/c1-2-3-4-5-6-7-8-9-10-11-12-13-17(22)21-18(23)15-14-16(20)19(24)25/h16H,2-15,20H2,1H3,(H,24,25)(H,21,22,23)/t16-/m0/s1. The number of imide groups is 1. The van der Waals surface area contributed by atoms with Gasteiger partial charge in [-0.1, -0.05) is 71.1 Å². The van der Waals surface area contributed by atoms with Crippen LogP contribution in [0.5, 0.6) is 0 Å². The molecule has 0 radical (unpaired) electrons. The van der Waals surface area contributed by atoms with Crippen molar-refractivity contribution in [2.45, 2.75) is 103 Å². The minimum absolute atomic E-state index is 0.0346. The number of hydrogen-bond acceptors (Lipinski definition) is 4. The second-order valence-electron chi connectivity index (χ2n) is 6.74. The monoisotopic (exact) mass is 356 g/mol. The average molecular weight is 357 g/mol. The zero-order chi connectivity index (χ0) is 18.9. The number of unbranched alkanes of at least 4 members (excludes halogenated alkanes) is 10. The SMILES string of the molecule is CCCCCCCCCCCCCC(=O)NC(=O)CC[C@H](N)C(=O)O. The first kappa shape index (κ1) is 23.6. The van der Waals surface area contributed by atoms with Crippen LogP contribution in [0, 0.1) is 0 Å². The maximum atomic E-state index is 11.6. The van der Waals surface area contributed by atoms with E-state index in [4.69, 9.17) is 10.8 Å². The Hall–Kier alpha value is -1.43. The van der Waals surface area contributed by atoms with Gasteiger partial charge in [-0.25, -0.2) is 0 Å². The van der Waals surface area contributed by atoms with Gasteiger partial charge >= 0.3 is 5.97 Å². The molecule has 0 saturated carbocycles. The molecule has 146 valence electrons. The van der Waals surface area contributed by atoms with E-state index in [1.165, 1.54) is 51.4 Å². The van der Waals surface area contributed by atoms with Crippen LogP contribution in [0.1, 0.15) is 96.8 Å².